The quantitative estimate of drug-likeness (QED) is 0.540. The first kappa shape index (κ1) is 5.22. The van der Waals surface area contributed by atoms with Crippen molar-refractivity contribution >= 4 is 10.9 Å². The van der Waals surface area contributed by atoms with Crippen LogP contribution >= 0.6 is 0 Å². The summed E-state index contributed by atoms with van der Waals surface area (Å²) >= 11 is 0. The zero-order valence-corrected chi connectivity index (χ0v) is 5.10. The number of hydrogen-bond acceptors (Lipinski definition) is 3. The lowest BCUT2D eigenvalue weighted by molar-refractivity contribution is 0.151. The molecule has 0 amide bonds. The second-order valence-electron chi connectivity index (χ2n) is 1.98. The van der Waals surface area contributed by atoms with Crippen molar-refractivity contribution in [2.24, 2.45) is 0 Å². The monoisotopic (exact) mass is 135 g/mol. The highest BCUT2D eigenvalue weighted by atomic mass is 16.5. The Morgan fingerprint density at radius 1 is 1.50 bits per heavy atom. The van der Waals surface area contributed by atoms with Gasteiger partial charge in [-0.3, -0.25) is 4.98 Å². The van der Waals surface area contributed by atoms with E-state index in [9.17, 15) is 0 Å². The van der Waals surface area contributed by atoms with Crippen molar-refractivity contribution in [3.8, 4) is 0 Å². The second-order valence-corrected chi connectivity index (χ2v) is 1.98. The molecule has 1 N–H and O–H groups in total. The Bertz CT molecular complexity index is 322. The molecule has 0 saturated carbocycles. The Balaban J connectivity index is 2.88. The van der Waals surface area contributed by atoms with Crippen LogP contribution in [0.3, 0.4) is 0 Å². The van der Waals surface area contributed by atoms with E-state index in [1.165, 1.54) is 6.20 Å². The van der Waals surface area contributed by atoms with Gasteiger partial charge in [-0.15, -0.1) is 9.94 Å². The Morgan fingerprint density at radius 2 is 2.40 bits per heavy atom. The fourth-order valence-electron chi connectivity index (χ4n) is 0.853. The van der Waals surface area contributed by atoms with Crippen LogP contribution in [0.15, 0.2) is 24.7 Å². The van der Waals surface area contributed by atoms with Gasteiger partial charge in [-0.2, -0.15) is 0 Å². The first-order chi connectivity index (χ1) is 4.86. The van der Waals surface area contributed by atoms with Crippen LogP contribution in [0.2, 0.25) is 0 Å². The molecule has 0 spiro atoms. The zero-order chi connectivity index (χ0) is 6.97. The lowest BCUT2D eigenvalue weighted by Crippen LogP contribution is -1.87. The van der Waals surface area contributed by atoms with E-state index in [0.29, 0.717) is 5.52 Å². The third-order valence-corrected chi connectivity index (χ3v) is 1.30. The molecule has 2 heterocycles. The third-order valence-electron chi connectivity index (χ3n) is 1.30. The van der Waals surface area contributed by atoms with Crippen LogP contribution in [0.5, 0.6) is 0 Å². The largest absolute Gasteiger partial charge is 0.412 e. The highest BCUT2D eigenvalue weighted by Gasteiger charge is 1.95. The molecule has 0 aliphatic rings. The highest BCUT2D eigenvalue weighted by Crippen LogP contribution is 2.06. The minimum atomic E-state index is 0.699. The number of hydrogen-bond donors (Lipinski definition) is 1. The molecule has 10 heavy (non-hydrogen) atoms. The van der Waals surface area contributed by atoms with Gasteiger partial charge in [0.2, 0.25) is 0 Å². The predicted octanol–water partition coefficient (Wildman–Crippen LogP) is 0.669. The van der Waals surface area contributed by atoms with Crippen molar-refractivity contribution in [1.29, 1.82) is 0 Å². The molecule has 0 saturated heterocycles. The lowest BCUT2D eigenvalue weighted by Gasteiger charge is -1.79. The number of fused-ring (bicyclic) bond motifs is 1. The maximum atomic E-state index is 8.83. The molecule has 0 fully saturated rings. The van der Waals surface area contributed by atoms with Gasteiger partial charge in [-0.25, -0.2) is 0 Å². The molecule has 4 heteroatoms. The molecule has 2 aromatic heterocycles. The smallest absolute Gasteiger partial charge is 0.114 e. The van der Waals surface area contributed by atoms with Gasteiger partial charge >= 0.3 is 0 Å². The first-order valence-electron chi connectivity index (χ1n) is 2.85. The SMILES string of the molecule is On1cc2ccncc2n1. The van der Waals surface area contributed by atoms with Crippen LogP contribution in [0.1, 0.15) is 0 Å². The first-order valence-corrected chi connectivity index (χ1v) is 2.85. The van der Waals surface area contributed by atoms with Gasteiger partial charge in [-0.05, 0) is 6.07 Å². The minimum Gasteiger partial charge on any atom is -0.412 e. The van der Waals surface area contributed by atoms with Crippen molar-refractivity contribution in [2.75, 3.05) is 0 Å². The van der Waals surface area contributed by atoms with Crippen LogP contribution in [0.25, 0.3) is 10.9 Å². The summed E-state index contributed by atoms with van der Waals surface area (Å²) in [5.41, 5.74) is 0.699. The summed E-state index contributed by atoms with van der Waals surface area (Å²) in [6, 6.07) is 1.79. The summed E-state index contributed by atoms with van der Waals surface area (Å²) in [5, 5.41) is 13.4. The van der Waals surface area contributed by atoms with Crippen LogP contribution < -0.4 is 0 Å². The molecule has 4 nitrogen and oxygen atoms in total. The topological polar surface area (TPSA) is 50.9 Å². The van der Waals surface area contributed by atoms with Gasteiger partial charge in [0.1, 0.15) is 5.52 Å². The van der Waals surface area contributed by atoms with Gasteiger partial charge in [0.05, 0.1) is 12.4 Å². The van der Waals surface area contributed by atoms with E-state index in [0.717, 1.165) is 10.2 Å². The molecule has 0 unspecified atom stereocenters. The van der Waals surface area contributed by atoms with E-state index >= 15 is 0 Å². The molecule has 0 aromatic carbocycles. The fourth-order valence-corrected chi connectivity index (χ4v) is 0.853. The van der Waals surface area contributed by atoms with Gasteiger partial charge in [-0.1, -0.05) is 0 Å². The zero-order valence-electron chi connectivity index (χ0n) is 5.10. The average molecular weight is 135 g/mol. The van der Waals surface area contributed by atoms with Crippen LogP contribution in [0, 0.1) is 0 Å². The third kappa shape index (κ3) is 0.621. The van der Waals surface area contributed by atoms with Crippen molar-refractivity contribution < 1.29 is 5.21 Å². The van der Waals surface area contributed by atoms with Crippen molar-refractivity contribution in [2.45, 2.75) is 0 Å². The Kier molecular flexibility index (Phi) is 0.887. The number of pyridine rings is 1. The van der Waals surface area contributed by atoms with Crippen LogP contribution in [-0.2, 0) is 0 Å². The van der Waals surface area contributed by atoms with E-state index < -0.39 is 0 Å². The molecule has 0 aliphatic carbocycles. The van der Waals surface area contributed by atoms with Gasteiger partial charge in [0.25, 0.3) is 0 Å². The van der Waals surface area contributed by atoms with Crippen LogP contribution in [0.4, 0.5) is 0 Å². The number of rotatable bonds is 0. The highest BCUT2D eigenvalue weighted by molar-refractivity contribution is 5.76. The summed E-state index contributed by atoms with van der Waals surface area (Å²) in [6.07, 6.45) is 4.78. The van der Waals surface area contributed by atoms with E-state index in [2.05, 4.69) is 10.1 Å². The average Bonchev–Trinajstić information content (AvgIpc) is 2.27. The Morgan fingerprint density at radius 3 is 3.20 bits per heavy atom. The maximum Gasteiger partial charge on any atom is 0.114 e. The molecular formula is C6H5N3O. The summed E-state index contributed by atoms with van der Waals surface area (Å²) in [7, 11) is 0. The maximum absolute atomic E-state index is 8.83. The lowest BCUT2D eigenvalue weighted by atomic mass is 10.3. The molecule has 0 bridgehead atoms. The number of aromatic nitrogens is 3. The molecule has 0 aliphatic heterocycles. The summed E-state index contributed by atoms with van der Waals surface area (Å²) < 4.78 is 0. The molecular weight excluding hydrogens is 130 g/mol. The molecule has 50 valence electrons. The van der Waals surface area contributed by atoms with Gasteiger partial charge < -0.3 is 5.21 Å². The predicted molar refractivity (Wildman–Crippen MR) is 34.7 cm³/mol. The van der Waals surface area contributed by atoms with Gasteiger partial charge in [0, 0.05) is 11.6 Å². The summed E-state index contributed by atoms with van der Waals surface area (Å²) in [6.45, 7) is 0. The summed E-state index contributed by atoms with van der Waals surface area (Å²) in [4.78, 5) is 4.62. The van der Waals surface area contributed by atoms with E-state index in [1.54, 1.807) is 18.5 Å². The number of nitrogens with zero attached hydrogens (tertiary/aromatic N) is 3. The van der Waals surface area contributed by atoms with Crippen molar-refractivity contribution in [3.63, 3.8) is 0 Å². The van der Waals surface area contributed by atoms with Crippen molar-refractivity contribution in [1.82, 2.24) is 14.9 Å². The summed E-state index contributed by atoms with van der Waals surface area (Å²) in [5.74, 6) is 0. The molecule has 0 radical (unpaired) electrons. The molecule has 0 atom stereocenters. The molecule has 2 rings (SSSR count). The Hall–Kier alpha value is -1.58. The van der Waals surface area contributed by atoms with E-state index in [-0.39, 0.29) is 0 Å². The van der Waals surface area contributed by atoms with E-state index in [1.807, 2.05) is 0 Å². The fraction of sp³-hybridized carbons (Fsp3) is 0. The standard InChI is InChI=1S/C6H5N3O/c10-9-4-5-1-2-7-3-6(5)8-9/h1-4,10H. The normalized spacial score (nSPS) is 10.4. The Labute approximate surface area is 56.7 Å². The minimum absolute atomic E-state index is 0.699. The van der Waals surface area contributed by atoms with Crippen molar-refractivity contribution in [3.05, 3.63) is 24.7 Å². The van der Waals surface area contributed by atoms with Gasteiger partial charge in [0.15, 0.2) is 0 Å². The molecule has 2 aromatic rings. The van der Waals surface area contributed by atoms with Crippen LogP contribution in [-0.4, -0.2) is 20.1 Å². The second kappa shape index (κ2) is 1.70. The van der Waals surface area contributed by atoms with E-state index in [4.69, 9.17) is 5.21 Å².